The molecule has 0 rings (SSSR count). The van der Waals surface area contributed by atoms with Gasteiger partial charge in [0.2, 0.25) is 14.7 Å². The van der Waals surface area contributed by atoms with Crippen molar-refractivity contribution in [2.45, 2.75) is 94.5 Å². The highest BCUT2D eigenvalue weighted by Gasteiger charge is 2.21. The van der Waals surface area contributed by atoms with Crippen LogP contribution in [0.25, 0.3) is 0 Å². The lowest BCUT2D eigenvalue weighted by Crippen LogP contribution is -3.00. The van der Waals surface area contributed by atoms with Crippen molar-refractivity contribution in [1.82, 2.24) is 0 Å². The molecule has 12 nitrogen and oxygen atoms in total. The Hall–Kier alpha value is -0.0200. The fourth-order valence-corrected chi connectivity index (χ4v) is 12.2. The summed E-state index contributed by atoms with van der Waals surface area (Å²) >= 11 is 1.56. The first-order valence-electron chi connectivity index (χ1n) is 17.3. The number of rotatable bonds is 19. The second-order valence-corrected chi connectivity index (χ2v) is 27.3. The van der Waals surface area contributed by atoms with Crippen molar-refractivity contribution < 1.29 is 66.4 Å². The van der Waals surface area contributed by atoms with Gasteiger partial charge in [0.15, 0.2) is 29.5 Å². The topological polar surface area (TPSA) is 200 Å². The van der Waals surface area contributed by atoms with Gasteiger partial charge in [-0.1, -0.05) is 61.5 Å². The Morgan fingerprint density at radius 3 is 1.30 bits per heavy atom. The van der Waals surface area contributed by atoms with Crippen LogP contribution < -0.4 is 18.1 Å². The molecule has 0 aromatic rings. The van der Waals surface area contributed by atoms with Crippen molar-refractivity contribution >= 4 is 62.3 Å². The Kier molecular flexibility index (Phi) is 41.7. The molecule has 0 heterocycles. The lowest BCUT2D eigenvalue weighted by molar-refractivity contribution is -0.405. The van der Waals surface area contributed by atoms with Gasteiger partial charge in [-0.15, -0.1) is 0 Å². The summed E-state index contributed by atoms with van der Waals surface area (Å²) in [6.07, 6.45) is 12.8. The van der Waals surface area contributed by atoms with E-state index in [4.69, 9.17) is 9.05 Å². The number of hydrogen-bond donors (Lipinski definition) is 1. The number of aldehydes is 1. The predicted octanol–water partition coefficient (Wildman–Crippen LogP) is 4.48. The average molecular weight is 901 g/mol. The molecule has 0 aromatic heterocycles. The Morgan fingerprint density at radius 2 is 1.02 bits per heavy atom. The molecule has 0 aliphatic heterocycles. The van der Waals surface area contributed by atoms with E-state index >= 15 is 0 Å². The predicted molar refractivity (Wildman–Crippen MR) is 226 cm³/mol. The first kappa shape index (κ1) is 64.9. The molecule has 2 unspecified atom stereocenters. The molecule has 0 amide bonds. The lowest BCUT2D eigenvalue weighted by atomic mass is 9.99. The maximum atomic E-state index is 11.2. The number of carbonyl (C=O) groups excluding carboxylic acids is 1. The maximum absolute atomic E-state index is 11.2. The molecule has 0 saturated heterocycles. The van der Waals surface area contributed by atoms with Crippen LogP contribution in [0.3, 0.4) is 0 Å². The Balaban J connectivity index is -0.000000131. The molecular formula is C34H76ClNO11P2S4. The van der Waals surface area contributed by atoms with Crippen molar-refractivity contribution in [1.29, 1.82) is 0 Å². The van der Waals surface area contributed by atoms with E-state index in [-0.39, 0.29) is 36.5 Å². The molecule has 0 fully saturated rings. The van der Waals surface area contributed by atoms with E-state index in [0.29, 0.717) is 35.8 Å². The Morgan fingerprint density at radius 1 is 0.660 bits per heavy atom. The smallest absolute Gasteiger partial charge is 0.214 e. The number of allylic oxidation sites excluding steroid dienone is 1. The van der Waals surface area contributed by atoms with Crippen molar-refractivity contribution in [3.63, 3.8) is 0 Å². The van der Waals surface area contributed by atoms with E-state index in [9.17, 15) is 39.2 Å². The van der Waals surface area contributed by atoms with E-state index in [1.807, 2.05) is 27.0 Å². The standard InChI is InChI=1S/C9H18O2S.C8H17NO2S.C7H14O.C5H13O4PS.C5H13O2PS.ClH/c1-8(2)7-9(3)5-6-12(4,10)11;1-7(2)6-8(9)4-5-12(3,10)11;1-6(2)4-7(3)5-8;1-4-9-10(2,6)5-11(3,7)8;1-4-7-8(2,6)5-9-3;/h5-6,8-9H,7H2,1-4H3;4-5,7-8H,6,9H2,1-3H3;5-7H,4H2,1-3H3;4-5H2,1-3H3;4-5H2,1-3H3;1H/b6-5+;5-4+;;;;/t9-;8-;7-;;;/m110.../s1. The van der Waals surface area contributed by atoms with Crippen LogP contribution in [0.1, 0.15) is 88.5 Å². The summed E-state index contributed by atoms with van der Waals surface area (Å²) in [5, 5.41) is 2.52. The molecule has 0 aromatic carbocycles. The van der Waals surface area contributed by atoms with Gasteiger partial charge in [-0.05, 0) is 62.7 Å². The van der Waals surface area contributed by atoms with Crippen LogP contribution >= 0.6 is 26.5 Å². The third-order valence-corrected chi connectivity index (χ3v) is 15.2. The number of thioether (sulfide) groups is 1. The zero-order valence-corrected chi connectivity index (χ0v) is 41.2. The van der Waals surface area contributed by atoms with Gasteiger partial charge in [0.1, 0.15) is 17.8 Å². The fourth-order valence-electron chi connectivity index (χ4n) is 4.12. The number of carbonyl (C=O) groups is 1. The summed E-state index contributed by atoms with van der Waals surface area (Å²) in [6.45, 7) is 24.0. The van der Waals surface area contributed by atoms with Crippen LogP contribution in [-0.2, 0) is 52.5 Å². The molecule has 0 spiro atoms. The average Bonchev–Trinajstić information content (AvgIpc) is 2.89. The third-order valence-electron chi connectivity index (χ3n) is 5.58. The quantitative estimate of drug-likeness (QED) is 0.141. The highest BCUT2D eigenvalue weighted by molar-refractivity contribution is 8.04. The normalized spacial score (nSPS) is 15.8. The van der Waals surface area contributed by atoms with Crippen molar-refractivity contribution in [2.24, 2.45) is 29.6 Å². The zero-order valence-electron chi connectivity index (χ0n) is 35.4. The second kappa shape index (κ2) is 34.1. The van der Waals surface area contributed by atoms with Gasteiger partial charge in [0.25, 0.3) is 0 Å². The van der Waals surface area contributed by atoms with Gasteiger partial charge in [-0.3, -0.25) is 9.13 Å². The van der Waals surface area contributed by atoms with Crippen LogP contribution in [0.5, 0.6) is 0 Å². The molecule has 0 bridgehead atoms. The first-order valence-corrected chi connectivity index (χ1v) is 29.2. The number of hydrogen-bond acceptors (Lipinski definition) is 12. The van der Waals surface area contributed by atoms with E-state index < -0.39 is 44.2 Å². The van der Waals surface area contributed by atoms with E-state index in [2.05, 4.69) is 47.3 Å². The van der Waals surface area contributed by atoms with Crippen molar-refractivity contribution in [3.05, 3.63) is 23.0 Å². The van der Waals surface area contributed by atoms with Gasteiger partial charge >= 0.3 is 0 Å². The molecule has 19 heteroatoms. The number of quaternary nitrogens is 1. The Labute approximate surface area is 336 Å². The van der Waals surface area contributed by atoms with Crippen LogP contribution in [0.2, 0.25) is 0 Å². The highest BCUT2D eigenvalue weighted by atomic mass is 35.5. The number of sulfone groups is 3. The Bertz CT molecular complexity index is 1340. The van der Waals surface area contributed by atoms with E-state index in [1.165, 1.54) is 30.0 Å². The van der Waals surface area contributed by atoms with E-state index in [0.717, 1.165) is 31.8 Å². The molecule has 0 aliphatic rings. The minimum absolute atomic E-state index is 0. The van der Waals surface area contributed by atoms with Gasteiger partial charge in [0.05, 0.1) is 18.7 Å². The molecule has 53 heavy (non-hydrogen) atoms. The first-order chi connectivity index (χ1) is 23.2. The fraction of sp³-hybridized carbons (Fsp3) is 0.853. The molecule has 0 radical (unpaired) electrons. The molecule has 3 N–H and O–H groups in total. The molecule has 5 atom stereocenters. The largest absolute Gasteiger partial charge is 1.00 e. The summed E-state index contributed by atoms with van der Waals surface area (Å²) in [5.74, 6) is 2.41. The number of halogens is 1. The minimum atomic E-state index is -3.19. The van der Waals surface area contributed by atoms with Gasteiger partial charge in [-0.25, -0.2) is 25.3 Å². The monoisotopic (exact) mass is 899 g/mol. The zero-order chi connectivity index (χ0) is 42.6. The SMILES string of the molecule is CC(C)C[C@H](C)/C=C/S(C)(=O)=O.CC(C)C[C@H](C)C=O.CC(C)C[C@H]([NH3+])/C=C/S(C)(=O)=O.CCOP(C)(=O)CS(C)(=O)=O.CCOP(C)(=O)CSC.[Cl-]. The summed E-state index contributed by atoms with van der Waals surface area (Å²) in [4.78, 5) is 10.0. The molecule has 324 valence electrons. The van der Waals surface area contributed by atoms with Crippen LogP contribution in [-0.4, -0.2) is 100 Å². The van der Waals surface area contributed by atoms with Crippen LogP contribution in [0.4, 0.5) is 0 Å². The van der Waals surface area contributed by atoms with E-state index in [1.54, 1.807) is 37.5 Å². The summed E-state index contributed by atoms with van der Waals surface area (Å²) < 4.78 is 96.4. The highest BCUT2D eigenvalue weighted by Crippen LogP contribution is 2.45. The van der Waals surface area contributed by atoms with Gasteiger partial charge in [-0.2, -0.15) is 11.8 Å². The summed E-state index contributed by atoms with van der Waals surface area (Å²) in [5.41, 5.74) is 4.09. The minimum Gasteiger partial charge on any atom is -1.00 e. The summed E-state index contributed by atoms with van der Waals surface area (Å²) in [6, 6.07) is 0.0970. The lowest BCUT2D eigenvalue weighted by Gasteiger charge is -2.09. The second-order valence-electron chi connectivity index (χ2n) is 14.4. The maximum Gasteiger partial charge on any atom is 0.214 e. The van der Waals surface area contributed by atoms with Crippen molar-refractivity contribution in [3.8, 4) is 0 Å². The van der Waals surface area contributed by atoms with Crippen LogP contribution in [0.15, 0.2) is 23.0 Å². The summed E-state index contributed by atoms with van der Waals surface area (Å²) in [7, 11) is -14.2. The molecule has 0 saturated carbocycles. The third kappa shape index (κ3) is 67.1. The van der Waals surface area contributed by atoms with Gasteiger partial charge in [0, 0.05) is 55.3 Å². The van der Waals surface area contributed by atoms with Crippen LogP contribution in [0, 0.1) is 29.6 Å². The molecular weight excluding hydrogens is 824 g/mol. The van der Waals surface area contributed by atoms with Gasteiger partial charge < -0.3 is 32.0 Å². The van der Waals surface area contributed by atoms with Crippen molar-refractivity contribution in [2.75, 3.05) is 62.6 Å². The molecule has 0 aliphatic carbocycles.